The Labute approximate surface area is 141 Å². The summed E-state index contributed by atoms with van der Waals surface area (Å²) in [6.07, 6.45) is 1.41. The van der Waals surface area contributed by atoms with E-state index < -0.39 is 0 Å². The monoisotopic (exact) mass is 350 g/mol. The van der Waals surface area contributed by atoms with Gasteiger partial charge in [-0.05, 0) is 12.1 Å². The van der Waals surface area contributed by atoms with Crippen molar-refractivity contribution in [3.63, 3.8) is 0 Å². The van der Waals surface area contributed by atoms with Crippen molar-refractivity contribution in [2.24, 2.45) is 0 Å². The fourth-order valence-electron chi connectivity index (χ4n) is 2.74. The fraction of sp³-hybridized carbons (Fsp3) is 0. The summed E-state index contributed by atoms with van der Waals surface area (Å²) in [6.45, 7) is 0. The number of thiazole rings is 2. The number of hydrogen-bond acceptors (Lipinski definition) is 8. The predicted molar refractivity (Wildman–Crippen MR) is 93.4 cm³/mol. The Bertz CT molecular complexity index is 1170. The first-order valence-electron chi connectivity index (χ1n) is 7.11. The quantitative estimate of drug-likeness (QED) is 0.421. The van der Waals surface area contributed by atoms with Gasteiger partial charge < -0.3 is 8.83 Å². The van der Waals surface area contributed by atoms with Crippen LogP contribution in [0.5, 0.6) is 0 Å². The molecule has 0 saturated heterocycles. The zero-order chi connectivity index (χ0) is 15.7. The van der Waals surface area contributed by atoms with Crippen molar-refractivity contribution < 1.29 is 8.83 Å². The van der Waals surface area contributed by atoms with Crippen LogP contribution in [0.15, 0.2) is 45.0 Å². The van der Waals surface area contributed by atoms with Crippen molar-refractivity contribution in [1.29, 1.82) is 0 Å². The molecule has 114 valence electrons. The minimum Gasteiger partial charge on any atom is -0.443 e. The minimum absolute atomic E-state index is 0.509. The second kappa shape index (κ2) is 4.37. The van der Waals surface area contributed by atoms with Crippen molar-refractivity contribution in [2.75, 3.05) is 0 Å². The van der Waals surface area contributed by atoms with Crippen LogP contribution in [0.3, 0.4) is 0 Å². The maximum atomic E-state index is 5.88. The molecule has 0 aliphatic heterocycles. The predicted octanol–water partition coefficient (Wildman–Crippen LogP) is 4.86. The van der Waals surface area contributed by atoms with Gasteiger partial charge in [0.15, 0.2) is 22.6 Å². The smallest absolute Gasteiger partial charge is 0.256 e. The van der Waals surface area contributed by atoms with Crippen molar-refractivity contribution in [3.05, 3.63) is 36.2 Å². The van der Waals surface area contributed by atoms with E-state index in [1.54, 1.807) is 22.7 Å². The SMILES string of the molecule is c1nc2cc3oc(-c4nc5cc6ncsc6cc5s4)nc3cc2o1. The van der Waals surface area contributed by atoms with E-state index in [9.17, 15) is 0 Å². The maximum Gasteiger partial charge on any atom is 0.256 e. The molecule has 0 atom stereocenters. The molecule has 6 rings (SSSR count). The molecule has 0 amide bonds. The number of benzene rings is 2. The third-order valence-corrected chi connectivity index (χ3v) is 5.66. The van der Waals surface area contributed by atoms with Gasteiger partial charge in [-0.3, -0.25) is 0 Å². The molecular weight excluding hydrogens is 344 g/mol. The molecule has 0 unspecified atom stereocenters. The van der Waals surface area contributed by atoms with Gasteiger partial charge in [-0.25, -0.2) is 19.9 Å². The zero-order valence-corrected chi connectivity index (χ0v) is 13.5. The number of oxazole rings is 2. The summed E-state index contributed by atoms with van der Waals surface area (Å²) in [5, 5.41) is 0.753. The summed E-state index contributed by atoms with van der Waals surface area (Å²) in [5.41, 5.74) is 6.57. The first-order chi connectivity index (χ1) is 11.8. The highest BCUT2D eigenvalue weighted by Crippen LogP contribution is 2.35. The van der Waals surface area contributed by atoms with Crippen LogP contribution in [-0.4, -0.2) is 19.9 Å². The maximum absolute atomic E-state index is 5.88. The first-order valence-corrected chi connectivity index (χ1v) is 8.81. The second-order valence-electron chi connectivity index (χ2n) is 5.32. The Morgan fingerprint density at radius 3 is 2.75 bits per heavy atom. The molecule has 4 heterocycles. The van der Waals surface area contributed by atoms with Gasteiger partial charge in [-0.2, -0.15) is 0 Å². The van der Waals surface area contributed by atoms with E-state index in [-0.39, 0.29) is 0 Å². The summed E-state index contributed by atoms with van der Waals surface area (Å²) in [4.78, 5) is 17.7. The summed E-state index contributed by atoms with van der Waals surface area (Å²) in [6, 6.07) is 7.78. The Balaban J connectivity index is 1.58. The molecule has 6 nitrogen and oxygen atoms in total. The number of fused-ring (bicyclic) bond motifs is 4. The van der Waals surface area contributed by atoms with Crippen LogP contribution in [0, 0.1) is 0 Å². The number of hydrogen-bond donors (Lipinski definition) is 0. The molecule has 4 aromatic heterocycles. The van der Waals surface area contributed by atoms with Crippen LogP contribution in [0.1, 0.15) is 0 Å². The Morgan fingerprint density at radius 1 is 0.792 bits per heavy atom. The average Bonchev–Trinajstić information content (AvgIpc) is 3.33. The molecule has 0 bridgehead atoms. The third-order valence-electron chi connectivity index (χ3n) is 3.86. The lowest BCUT2D eigenvalue weighted by Gasteiger charge is -1.86. The molecule has 0 fully saturated rings. The lowest BCUT2D eigenvalue weighted by molar-refractivity contribution is 0.602. The molecule has 0 N–H and O–H groups in total. The first kappa shape index (κ1) is 12.6. The summed E-state index contributed by atoms with van der Waals surface area (Å²) < 4.78 is 13.4. The van der Waals surface area contributed by atoms with E-state index in [2.05, 4.69) is 26.0 Å². The summed E-state index contributed by atoms with van der Waals surface area (Å²) in [7, 11) is 0. The van der Waals surface area contributed by atoms with E-state index in [1.165, 1.54) is 6.39 Å². The van der Waals surface area contributed by atoms with Crippen molar-refractivity contribution in [3.8, 4) is 10.9 Å². The van der Waals surface area contributed by atoms with E-state index in [0.717, 1.165) is 36.5 Å². The van der Waals surface area contributed by atoms with Crippen molar-refractivity contribution in [1.82, 2.24) is 19.9 Å². The standard InChI is InChI=1S/C16H6N4O2S2/c1-9-13(23-6-18-9)4-14-10(1)20-16(24-14)15-19-8-3-11-7(17-5-21-11)2-12(8)22-15/h1-6H. The third kappa shape index (κ3) is 1.69. The van der Waals surface area contributed by atoms with Gasteiger partial charge in [0.2, 0.25) is 0 Å². The number of nitrogens with zero attached hydrogens (tertiary/aromatic N) is 4. The molecule has 0 radical (unpaired) electrons. The summed E-state index contributed by atoms with van der Waals surface area (Å²) in [5.74, 6) is 0.509. The molecule has 8 heteroatoms. The molecule has 24 heavy (non-hydrogen) atoms. The van der Waals surface area contributed by atoms with E-state index in [1.807, 2.05) is 23.7 Å². The largest absolute Gasteiger partial charge is 0.443 e. The van der Waals surface area contributed by atoms with Gasteiger partial charge in [-0.1, -0.05) is 0 Å². The Kier molecular flexibility index (Phi) is 2.29. The van der Waals surface area contributed by atoms with E-state index in [0.29, 0.717) is 17.1 Å². The van der Waals surface area contributed by atoms with E-state index >= 15 is 0 Å². The highest BCUT2D eigenvalue weighted by Gasteiger charge is 2.15. The molecule has 0 aliphatic rings. The van der Waals surface area contributed by atoms with Crippen LogP contribution in [0.4, 0.5) is 0 Å². The summed E-state index contributed by atoms with van der Waals surface area (Å²) >= 11 is 3.19. The topological polar surface area (TPSA) is 77.8 Å². The second-order valence-corrected chi connectivity index (χ2v) is 7.24. The molecule has 0 saturated carbocycles. The normalized spacial score (nSPS) is 12.2. The Hall–Kier alpha value is -2.84. The molecule has 6 aromatic rings. The highest BCUT2D eigenvalue weighted by molar-refractivity contribution is 7.22. The van der Waals surface area contributed by atoms with Gasteiger partial charge in [0, 0.05) is 12.1 Å². The fourth-order valence-corrected chi connectivity index (χ4v) is 4.43. The molecule has 2 aromatic carbocycles. The number of rotatable bonds is 1. The lowest BCUT2D eigenvalue weighted by atomic mass is 10.3. The Morgan fingerprint density at radius 2 is 1.75 bits per heavy atom. The highest BCUT2D eigenvalue weighted by atomic mass is 32.1. The van der Waals surface area contributed by atoms with Gasteiger partial charge in [0.25, 0.3) is 5.89 Å². The lowest BCUT2D eigenvalue weighted by Crippen LogP contribution is -1.74. The van der Waals surface area contributed by atoms with Gasteiger partial charge in [-0.15, -0.1) is 22.7 Å². The van der Waals surface area contributed by atoms with Crippen LogP contribution in [0.2, 0.25) is 0 Å². The average molecular weight is 350 g/mol. The van der Waals surface area contributed by atoms with Gasteiger partial charge in [0.05, 0.1) is 25.9 Å². The molecule has 0 spiro atoms. The van der Waals surface area contributed by atoms with Gasteiger partial charge >= 0.3 is 0 Å². The molecule has 0 aliphatic carbocycles. The van der Waals surface area contributed by atoms with Crippen LogP contribution in [0.25, 0.3) is 53.5 Å². The minimum atomic E-state index is 0.509. The van der Waals surface area contributed by atoms with Crippen LogP contribution in [-0.2, 0) is 0 Å². The van der Waals surface area contributed by atoms with Gasteiger partial charge in [0.1, 0.15) is 11.0 Å². The zero-order valence-electron chi connectivity index (χ0n) is 11.9. The van der Waals surface area contributed by atoms with Crippen LogP contribution >= 0.6 is 22.7 Å². The van der Waals surface area contributed by atoms with E-state index in [4.69, 9.17) is 8.83 Å². The van der Waals surface area contributed by atoms with Crippen molar-refractivity contribution >= 4 is 65.3 Å². The number of aromatic nitrogens is 4. The molecular formula is C16H6N4O2S2. The van der Waals surface area contributed by atoms with Crippen molar-refractivity contribution in [2.45, 2.75) is 0 Å². The van der Waals surface area contributed by atoms with Crippen LogP contribution < -0.4 is 0 Å².